The highest BCUT2D eigenvalue weighted by Crippen LogP contribution is 2.17. The Balaban J connectivity index is 4.34. The minimum absolute atomic E-state index is 0.0272. The number of hydrogen-bond acceptors (Lipinski definition) is 2. The third-order valence-electron chi connectivity index (χ3n) is 9.21. The largest absolute Gasteiger partial charge is 0.465 e. The molecule has 0 rings (SSSR count). The van der Waals surface area contributed by atoms with Gasteiger partial charge in [0.1, 0.15) is 0 Å². The van der Waals surface area contributed by atoms with Gasteiger partial charge in [-0.2, -0.15) is 0 Å². The molecule has 3 heteroatoms. The molecule has 0 saturated carbocycles. The van der Waals surface area contributed by atoms with Crippen LogP contribution in [0.1, 0.15) is 195 Å². The van der Waals surface area contributed by atoms with Crippen LogP contribution in [0, 0.1) is 5.92 Å². The fourth-order valence-corrected chi connectivity index (χ4v) is 6.08. The molecule has 0 spiro atoms. The molecule has 0 amide bonds. The molecule has 0 aliphatic carbocycles. The maximum Gasteiger partial charge on any atom is 0.306 e. The first kappa shape index (κ1) is 39.4. The summed E-state index contributed by atoms with van der Waals surface area (Å²) in [5.74, 6) is 0.567. The molecule has 0 aromatic carbocycles. The maximum absolute atomic E-state index is 12.5. The first-order valence-corrected chi connectivity index (χ1v) is 18.5. The van der Waals surface area contributed by atoms with Gasteiger partial charge in [0.05, 0.1) is 39.7 Å². The second kappa shape index (κ2) is 29.9. The Morgan fingerprint density at radius 1 is 0.525 bits per heavy atom. The van der Waals surface area contributed by atoms with Crippen LogP contribution in [0.3, 0.4) is 0 Å². The summed E-state index contributed by atoms with van der Waals surface area (Å²) in [5, 5.41) is 0. The van der Waals surface area contributed by atoms with Gasteiger partial charge in [0.2, 0.25) is 0 Å². The fraction of sp³-hybridized carbons (Fsp3) is 0.973. The number of unbranched alkanes of at least 4 members (excludes halogenated alkanes) is 19. The van der Waals surface area contributed by atoms with E-state index in [-0.39, 0.29) is 5.97 Å². The van der Waals surface area contributed by atoms with Crippen molar-refractivity contribution in [1.29, 1.82) is 0 Å². The minimum Gasteiger partial charge on any atom is -0.465 e. The highest BCUT2D eigenvalue weighted by molar-refractivity contribution is 5.69. The molecule has 3 nitrogen and oxygen atoms in total. The number of carbonyl (C=O) groups excluding carboxylic acids is 1. The van der Waals surface area contributed by atoms with Crippen molar-refractivity contribution >= 4 is 5.97 Å². The summed E-state index contributed by atoms with van der Waals surface area (Å²) in [4.78, 5) is 12.5. The molecule has 0 radical (unpaired) electrons. The van der Waals surface area contributed by atoms with Crippen molar-refractivity contribution < 1.29 is 14.0 Å². The van der Waals surface area contributed by atoms with Crippen molar-refractivity contribution in [1.82, 2.24) is 0 Å². The number of esters is 1. The monoisotopic (exact) mass is 567 g/mol. The summed E-state index contributed by atoms with van der Waals surface area (Å²) in [6, 6.07) is 0. The van der Waals surface area contributed by atoms with E-state index >= 15 is 0 Å². The lowest BCUT2D eigenvalue weighted by Crippen LogP contribution is -2.46. The van der Waals surface area contributed by atoms with Crippen LogP contribution in [0.4, 0.5) is 0 Å². The van der Waals surface area contributed by atoms with Gasteiger partial charge in [-0.05, 0) is 38.0 Å². The molecule has 40 heavy (non-hydrogen) atoms. The molecule has 240 valence electrons. The van der Waals surface area contributed by atoms with Crippen LogP contribution in [0.15, 0.2) is 0 Å². The number of hydrogen-bond donors (Lipinski definition) is 0. The van der Waals surface area contributed by atoms with Gasteiger partial charge in [-0.25, -0.2) is 0 Å². The van der Waals surface area contributed by atoms with Crippen molar-refractivity contribution in [3.8, 4) is 0 Å². The van der Waals surface area contributed by atoms with Crippen molar-refractivity contribution in [2.75, 3.05) is 33.3 Å². The topological polar surface area (TPSA) is 26.3 Å². The zero-order chi connectivity index (χ0) is 29.6. The Hall–Kier alpha value is -0.570. The second-order valence-electron chi connectivity index (χ2n) is 13.4. The molecule has 1 atom stereocenters. The van der Waals surface area contributed by atoms with E-state index in [1.807, 2.05) is 0 Å². The van der Waals surface area contributed by atoms with Gasteiger partial charge in [-0.1, -0.05) is 150 Å². The average molecular weight is 567 g/mol. The molecule has 0 N–H and O–H groups in total. The molecule has 0 fully saturated rings. The molecule has 0 bridgehead atoms. The highest BCUT2D eigenvalue weighted by atomic mass is 16.5. The first-order chi connectivity index (χ1) is 19.5. The summed E-state index contributed by atoms with van der Waals surface area (Å²) in [7, 11) is 2.46. The number of nitrogens with zero attached hydrogens (tertiary/aromatic N) is 1. The number of rotatable bonds is 32. The normalized spacial score (nSPS) is 12.6. The van der Waals surface area contributed by atoms with E-state index in [1.54, 1.807) is 0 Å². The van der Waals surface area contributed by atoms with Crippen LogP contribution in [0.25, 0.3) is 0 Å². The van der Waals surface area contributed by atoms with Crippen LogP contribution in [-0.2, 0) is 9.53 Å². The zero-order valence-electron chi connectivity index (χ0n) is 28.6. The zero-order valence-corrected chi connectivity index (χ0v) is 28.6. The van der Waals surface area contributed by atoms with E-state index in [1.165, 1.54) is 161 Å². The Morgan fingerprint density at radius 3 is 1.30 bits per heavy atom. The highest BCUT2D eigenvalue weighted by Gasteiger charge is 2.21. The quantitative estimate of drug-likeness (QED) is 0.0460. The molecule has 0 aromatic heterocycles. The lowest BCUT2D eigenvalue weighted by Gasteiger charge is -2.35. The van der Waals surface area contributed by atoms with Crippen molar-refractivity contribution in [3.63, 3.8) is 0 Å². The van der Waals surface area contributed by atoms with E-state index in [0.29, 0.717) is 18.9 Å². The third kappa shape index (κ3) is 26.3. The smallest absolute Gasteiger partial charge is 0.306 e. The van der Waals surface area contributed by atoms with Gasteiger partial charge >= 0.3 is 5.97 Å². The molecule has 0 saturated heterocycles. The summed E-state index contributed by atoms with van der Waals surface area (Å²) in [6.45, 7) is 13.3. The molecule has 0 aromatic rings. The minimum atomic E-state index is 0.0272. The summed E-state index contributed by atoms with van der Waals surface area (Å²) >= 11 is 0. The molecule has 0 heterocycles. The summed E-state index contributed by atoms with van der Waals surface area (Å²) in [5.41, 5.74) is 0. The van der Waals surface area contributed by atoms with Gasteiger partial charge in [0.25, 0.3) is 0 Å². The third-order valence-corrected chi connectivity index (χ3v) is 9.21. The fourth-order valence-electron chi connectivity index (χ4n) is 6.08. The van der Waals surface area contributed by atoms with Crippen LogP contribution in [0.2, 0.25) is 0 Å². The summed E-state index contributed by atoms with van der Waals surface area (Å²) < 4.78 is 6.84. The SMILES string of the molecule is CCCCCCCCCCCC[N+](C)(CCCCCCCCCCCC)CCCC(=O)OCC(CC)CCCC. The Labute approximate surface area is 253 Å². The van der Waals surface area contributed by atoms with E-state index in [0.717, 1.165) is 23.9 Å². The molecule has 0 aliphatic rings. The molecular weight excluding hydrogens is 490 g/mol. The van der Waals surface area contributed by atoms with E-state index in [2.05, 4.69) is 34.7 Å². The van der Waals surface area contributed by atoms with Gasteiger partial charge < -0.3 is 9.22 Å². The number of carbonyl (C=O) groups is 1. The van der Waals surface area contributed by atoms with Crippen molar-refractivity contribution in [2.45, 2.75) is 195 Å². The number of quaternary nitrogens is 1. The van der Waals surface area contributed by atoms with Crippen LogP contribution in [0.5, 0.6) is 0 Å². The van der Waals surface area contributed by atoms with E-state index < -0.39 is 0 Å². The van der Waals surface area contributed by atoms with Crippen LogP contribution >= 0.6 is 0 Å². The van der Waals surface area contributed by atoms with Crippen LogP contribution < -0.4 is 0 Å². The molecule has 0 aliphatic heterocycles. The standard InChI is InChI=1S/C37H76NO2/c1-6-10-13-15-17-19-21-23-25-27-32-38(5,33-28-26-24-22-20-18-16-14-11-7-2)34-29-31-37(39)40-35-36(9-4)30-12-8-3/h36H,6-35H2,1-5H3/q+1. The van der Waals surface area contributed by atoms with E-state index in [9.17, 15) is 4.79 Å². The predicted octanol–water partition coefficient (Wildman–Crippen LogP) is 11.8. The van der Waals surface area contributed by atoms with Crippen molar-refractivity contribution in [2.24, 2.45) is 5.92 Å². The van der Waals surface area contributed by atoms with E-state index in [4.69, 9.17) is 4.74 Å². The molecule has 1 unspecified atom stereocenters. The lowest BCUT2D eigenvalue weighted by molar-refractivity contribution is -0.910. The average Bonchev–Trinajstić information content (AvgIpc) is 2.95. The first-order valence-electron chi connectivity index (χ1n) is 18.5. The Morgan fingerprint density at radius 2 is 0.900 bits per heavy atom. The van der Waals surface area contributed by atoms with Crippen molar-refractivity contribution in [3.05, 3.63) is 0 Å². The predicted molar refractivity (Wildman–Crippen MR) is 178 cm³/mol. The van der Waals surface area contributed by atoms with Gasteiger partial charge in [0, 0.05) is 6.42 Å². The van der Waals surface area contributed by atoms with Crippen LogP contribution in [-0.4, -0.2) is 43.7 Å². The molecular formula is C37H76NO2+. The van der Waals surface area contributed by atoms with Gasteiger partial charge in [0.15, 0.2) is 0 Å². The van der Waals surface area contributed by atoms with Gasteiger partial charge in [-0.3, -0.25) is 4.79 Å². The number of ether oxygens (including phenoxy) is 1. The maximum atomic E-state index is 12.5. The Kier molecular flexibility index (Phi) is 29.5. The lowest BCUT2D eigenvalue weighted by atomic mass is 10.0. The second-order valence-corrected chi connectivity index (χ2v) is 13.4. The Bertz CT molecular complexity index is 496. The van der Waals surface area contributed by atoms with Gasteiger partial charge in [-0.15, -0.1) is 0 Å². The summed E-state index contributed by atoms with van der Waals surface area (Å²) in [6.07, 6.45) is 34.3.